The van der Waals surface area contributed by atoms with Crippen molar-refractivity contribution in [3.8, 4) is 5.75 Å². The van der Waals surface area contributed by atoms with Crippen LogP contribution in [0.4, 0.5) is 5.69 Å². The lowest BCUT2D eigenvalue weighted by molar-refractivity contribution is -0.881. The van der Waals surface area contributed by atoms with Crippen molar-refractivity contribution in [3.63, 3.8) is 0 Å². The first-order valence-corrected chi connectivity index (χ1v) is 9.66. The van der Waals surface area contributed by atoms with Gasteiger partial charge in [-0.15, -0.1) is 0 Å². The molecule has 0 bridgehead atoms. The third-order valence-corrected chi connectivity index (χ3v) is 4.55. The first-order chi connectivity index (χ1) is 13.5. The summed E-state index contributed by atoms with van der Waals surface area (Å²) in [6.07, 6.45) is 0.714. The molecule has 0 aromatic heterocycles. The van der Waals surface area contributed by atoms with Gasteiger partial charge in [0.15, 0.2) is 13.1 Å². The van der Waals surface area contributed by atoms with E-state index in [1.54, 1.807) is 31.4 Å². The van der Waals surface area contributed by atoms with Crippen LogP contribution in [-0.2, 0) is 16.0 Å². The fourth-order valence-electron chi connectivity index (χ4n) is 2.75. The van der Waals surface area contributed by atoms with Crippen LogP contribution in [0.3, 0.4) is 0 Å². The number of likely N-dealkylation sites (N-methyl/N-ethyl adjacent to an activating group) is 1. The normalized spacial score (nSPS) is 11.5. The molecule has 0 aliphatic heterocycles. The van der Waals surface area contributed by atoms with Crippen LogP contribution >= 0.6 is 11.6 Å². The van der Waals surface area contributed by atoms with E-state index in [2.05, 4.69) is 10.6 Å². The van der Waals surface area contributed by atoms with Gasteiger partial charge in [-0.3, -0.25) is 9.59 Å². The Balaban J connectivity index is 1.73. The van der Waals surface area contributed by atoms with E-state index < -0.39 is 0 Å². The Morgan fingerprint density at radius 1 is 1.07 bits per heavy atom. The molecule has 7 heteroatoms. The van der Waals surface area contributed by atoms with Crippen LogP contribution in [0, 0.1) is 0 Å². The zero-order valence-electron chi connectivity index (χ0n) is 16.3. The van der Waals surface area contributed by atoms with E-state index in [1.165, 1.54) is 0 Å². The number of anilines is 1. The summed E-state index contributed by atoms with van der Waals surface area (Å²) >= 11 is 5.96. The predicted octanol–water partition coefficient (Wildman–Crippen LogP) is 1.55. The maximum atomic E-state index is 12.2. The van der Waals surface area contributed by atoms with Gasteiger partial charge in [-0.1, -0.05) is 23.7 Å². The van der Waals surface area contributed by atoms with Gasteiger partial charge in [-0.2, -0.15) is 0 Å². The Labute approximate surface area is 170 Å². The zero-order chi connectivity index (χ0) is 20.4. The lowest BCUT2D eigenvalue weighted by Gasteiger charge is -2.17. The van der Waals surface area contributed by atoms with E-state index in [0.29, 0.717) is 30.2 Å². The first kappa shape index (κ1) is 21.7. The highest BCUT2D eigenvalue weighted by Gasteiger charge is 2.16. The Morgan fingerprint density at radius 2 is 1.79 bits per heavy atom. The molecule has 2 aromatic rings. The molecule has 6 nitrogen and oxygen atoms in total. The second-order valence-electron chi connectivity index (χ2n) is 6.46. The Kier molecular flexibility index (Phi) is 8.78. The van der Waals surface area contributed by atoms with Crippen molar-refractivity contribution >= 4 is 29.1 Å². The van der Waals surface area contributed by atoms with Gasteiger partial charge in [-0.05, 0) is 55.3 Å². The number of carbonyl (C=O) groups is 2. The summed E-state index contributed by atoms with van der Waals surface area (Å²) in [6.45, 7) is 3.65. The molecule has 150 valence electrons. The third kappa shape index (κ3) is 7.58. The Hall–Kier alpha value is -2.57. The van der Waals surface area contributed by atoms with Gasteiger partial charge in [0, 0.05) is 17.3 Å². The molecule has 1 atom stereocenters. The number of nitrogens with one attached hydrogen (secondary N) is 3. The summed E-state index contributed by atoms with van der Waals surface area (Å²) in [4.78, 5) is 25.3. The van der Waals surface area contributed by atoms with E-state index >= 15 is 0 Å². The number of rotatable bonds is 10. The van der Waals surface area contributed by atoms with Crippen molar-refractivity contribution in [3.05, 3.63) is 59.1 Å². The van der Waals surface area contributed by atoms with Crippen molar-refractivity contribution in [2.24, 2.45) is 0 Å². The second-order valence-corrected chi connectivity index (χ2v) is 6.90. The van der Waals surface area contributed by atoms with Crippen LogP contribution in [0.1, 0.15) is 12.5 Å². The monoisotopic (exact) mass is 404 g/mol. The van der Waals surface area contributed by atoms with Gasteiger partial charge < -0.3 is 20.3 Å². The molecule has 28 heavy (non-hydrogen) atoms. The van der Waals surface area contributed by atoms with E-state index in [4.69, 9.17) is 16.3 Å². The summed E-state index contributed by atoms with van der Waals surface area (Å²) < 4.78 is 5.10. The number of quaternary nitrogens is 1. The van der Waals surface area contributed by atoms with Gasteiger partial charge in [0.1, 0.15) is 5.75 Å². The lowest BCUT2D eigenvalue weighted by Crippen LogP contribution is -3.14. The maximum Gasteiger partial charge on any atom is 0.279 e. The third-order valence-electron chi connectivity index (χ3n) is 4.32. The average molecular weight is 405 g/mol. The fraction of sp³-hybridized carbons (Fsp3) is 0.333. The van der Waals surface area contributed by atoms with Gasteiger partial charge >= 0.3 is 0 Å². The van der Waals surface area contributed by atoms with Crippen LogP contribution in [0.5, 0.6) is 5.75 Å². The topological polar surface area (TPSA) is 71.9 Å². The van der Waals surface area contributed by atoms with Crippen LogP contribution in [0.2, 0.25) is 5.02 Å². The van der Waals surface area contributed by atoms with E-state index in [9.17, 15) is 9.59 Å². The molecule has 0 spiro atoms. The number of methoxy groups -OCH3 is 1. The summed E-state index contributed by atoms with van der Waals surface area (Å²) in [7, 11) is 1.59. The van der Waals surface area contributed by atoms with E-state index in [0.717, 1.165) is 16.2 Å². The summed E-state index contributed by atoms with van der Waals surface area (Å²) in [5.41, 5.74) is 1.78. The average Bonchev–Trinajstić information content (AvgIpc) is 2.68. The number of hydrogen-bond donors (Lipinski definition) is 3. The predicted molar refractivity (Wildman–Crippen MR) is 111 cm³/mol. The number of carbonyl (C=O) groups excluding carboxylic acids is 2. The van der Waals surface area contributed by atoms with Crippen molar-refractivity contribution in [2.45, 2.75) is 13.3 Å². The molecule has 2 rings (SSSR count). The molecular formula is C21H27ClN3O3+. The Morgan fingerprint density at radius 3 is 2.43 bits per heavy atom. The second kappa shape index (κ2) is 11.3. The minimum Gasteiger partial charge on any atom is -0.497 e. The van der Waals surface area contributed by atoms with E-state index in [1.807, 2.05) is 31.2 Å². The standard InChI is InChI=1S/C21H26ClN3O3/c1-3-25(15-21(27)24-18-7-9-19(28-2)10-8-18)14-20(26)23-12-11-16-5-4-6-17(22)13-16/h4-10,13H,3,11-12,14-15H2,1-2H3,(H,23,26)(H,24,27)/p+1. The van der Waals surface area contributed by atoms with Crippen LogP contribution < -0.4 is 20.3 Å². The highest BCUT2D eigenvalue weighted by atomic mass is 35.5. The largest absolute Gasteiger partial charge is 0.497 e. The minimum atomic E-state index is -0.131. The quantitative estimate of drug-likeness (QED) is 0.562. The number of hydrogen-bond acceptors (Lipinski definition) is 3. The minimum absolute atomic E-state index is 0.0730. The van der Waals surface area contributed by atoms with Crippen molar-refractivity contribution < 1.29 is 19.2 Å². The lowest BCUT2D eigenvalue weighted by atomic mass is 10.1. The molecule has 2 amide bonds. The zero-order valence-corrected chi connectivity index (χ0v) is 17.0. The molecule has 0 fully saturated rings. The number of ether oxygens (including phenoxy) is 1. The highest BCUT2D eigenvalue weighted by Crippen LogP contribution is 2.14. The Bertz CT molecular complexity index is 781. The molecule has 0 saturated carbocycles. The molecule has 0 aliphatic rings. The highest BCUT2D eigenvalue weighted by molar-refractivity contribution is 6.30. The van der Waals surface area contributed by atoms with Gasteiger partial charge in [-0.25, -0.2) is 0 Å². The van der Waals surface area contributed by atoms with Crippen molar-refractivity contribution in [1.29, 1.82) is 0 Å². The van der Waals surface area contributed by atoms with Crippen LogP contribution in [0.15, 0.2) is 48.5 Å². The summed E-state index contributed by atoms with van der Waals surface area (Å²) in [5.74, 6) is 0.526. The molecule has 0 aliphatic carbocycles. The molecule has 2 aromatic carbocycles. The molecule has 0 heterocycles. The maximum absolute atomic E-state index is 12.2. The van der Waals surface area contributed by atoms with Gasteiger partial charge in [0.2, 0.25) is 0 Å². The molecule has 0 saturated heterocycles. The summed E-state index contributed by atoms with van der Waals surface area (Å²) in [6, 6.07) is 14.7. The van der Waals surface area contributed by atoms with Gasteiger partial charge in [0.25, 0.3) is 11.8 Å². The van der Waals surface area contributed by atoms with Crippen LogP contribution in [0.25, 0.3) is 0 Å². The molecular weight excluding hydrogens is 378 g/mol. The molecule has 3 N–H and O–H groups in total. The smallest absolute Gasteiger partial charge is 0.279 e. The van der Waals surface area contributed by atoms with Gasteiger partial charge in [0.05, 0.1) is 13.7 Å². The van der Waals surface area contributed by atoms with E-state index in [-0.39, 0.29) is 24.9 Å². The molecule has 0 radical (unpaired) electrons. The number of benzene rings is 2. The van der Waals surface area contributed by atoms with Crippen LogP contribution in [-0.4, -0.2) is 45.1 Å². The SMILES string of the molecule is CC[NH+](CC(=O)NCCc1cccc(Cl)c1)CC(=O)Nc1ccc(OC)cc1. The van der Waals surface area contributed by atoms with Crippen molar-refractivity contribution in [1.82, 2.24) is 5.32 Å². The number of halogens is 1. The van der Waals surface area contributed by atoms with Crippen molar-refractivity contribution in [2.75, 3.05) is 38.6 Å². The number of amides is 2. The summed E-state index contributed by atoms with van der Waals surface area (Å²) in [5, 5.41) is 6.43. The fourth-order valence-corrected chi connectivity index (χ4v) is 2.96. The molecule has 1 unspecified atom stereocenters. The first-order valence-electron chi connectivity index (χ1n) is 9.28.